The van der Waals surface area contributed by atoms with Crippen molar-refractivity contribution < 1.29 is 0 Å². The van der Waals surface area contributed by atoms with Gasteiger partial charge in [0.1, 0.15) is 0 Å². The summed E-state index contributed by atoms with van der Waals surface area (Å²) in [5.41, 5.74) is 6.75. The van der Waals surface area contributed by atoms with Crippen molar-refractivity contribution >= 4 is 0 Å². The number of hydrogen-bond donors (Lipinski definition) is 0. The molecule has 0 unspecified atom stereocenters. The molecule has 0 aliphatic carbocycles. The first kappa shape index (κ1) is 6.70. The van der Waals surface area contributed by atoms with Crippen LogP contribution in [0.4, 0.5) is 0 Å². The Morgan fingerprint density at radius 1 is 1.43 bits per heavy atom. The predicted molar refractivity (Wildman–Crippen MR) is 32.0 cm³/mol. The van der Waals surface area contributed by atoms with E-state index in [1.807, 2.05) is 6.08 Å². The van der Waals surface area contributed by atoms with Gasteiger partial charge in [0.15, 0.2) is 0 Å². The van der Waals surface area contributed by atoms with Crippen LogP contribution in [0.5, 0.6) is 0 Å². The highest BCUT2D eigenvalue weighted by Gasteiger charge is 1.78. The molecule has 0 saturated carbocycles. The maximum absolute atomic E-state index is 6.75. The van der Waals surface area contributed by atoms with E-state index in [-0.39, 0.29) is 0 Å². The second-order valence-electron chi connectivity index (χ2n) is 1.53. The van der Waals surface area contributed by atoms with Gasteiger partial charge in [-0.15, -0.1) is 6.58 Å². The van der Waals surface area contributed by atoms with Crippen molar-refractivity contribution in [1.29, 1.82) is 0 Å². The van der Waals surface area contributed by atoms with E-state index < -0.39 is 0 Å². The van der Waals surface area contributed by atoms with Crippen molar-refractivity contribution in [3.8, 4) is 0 Å². The van der Waals surface area contributed by atoms with Gasteiger partial charge in [-0.3, -0.25) is 5.73 Å². The highest BCUT2D eigenvalue weighted by Crippen LogP contribution is 1.91. The molecule has 0 aliphatic heterocycles. The lowest BCUT2D eigenvalue weighted by atomic mass is 10.2. The van der Waals surface area contributed by atoms with Gasteiger partial charge in [-0.1, -0.05) is 6.08 Å². The minimum Gasteiger partial charge on any atom is -0.258 e. The quantitative estimate of drug-likeness (QED) is 0.377. The Labute approximate surface area is 45.2 Å². The Hall–Kier alpha value is -0.300. The molecule has 0 aromatic rings. The van der Waals surface area contributed by atoms with Crippen molar-refractivity contribution in [3.05, 3.63) is 12.7 Å². The van der Waals surface area contributed by atoms with E-state index in [1.165, 1.54) is 0 Å². The fraction of sp³-hybridized carbons (Fsp3) is 0.667. The molecule has 0 aromatic carbocycles. The third-order valence-electron chi connectivity index (χ3n) is 0.835. The van der Waals surface area contributed by atoms with Crippen molar-refractivity contribution in [2.24, 2.45) is 0 Å². The molecule has 1 nitrogen and oxygen atoms in total. The van der Waals surface area contributed by atoms with Crippen molar-refractivity contribution in [1.82, 2.24) is 5.73 Å². The van der Waals surface area contributed by atoms with Gasteiger partial charge in [0.05, 0.1) is 0 Å². The molecule has 0 bridgehead atoms. The summed E-state index contributed by atoms with van der Waals surface area (Å²) in [6, 6.07) is 0. The van der Waals surface area contributed by atoms with Gasteiger partial charge < -0.3 is 0 Å². The van der Waals surface area contributed by atoms with E-state index in [0.29, 0.717) is 6.54 Å². The molecule has 7 heavy (non-hydrogen) atoms. The van der Waals surface area contributed by atoms with E-state index in [4.69, 9.17) is 5.73 Å². The number of allylic oxidation sites excluding steroid dienone is 1. The molecule has 0 saturated heterocycles. The van der Waals surface area contributed by atoms with Crippen LogP contribution in [0.1, 0.15) is 19.3 Å². The van der Waals surface area contributed by atoms with Crippen LogP contribution >= 0.6 is 0 Å². The van der Waals surface area contributed by atoms with Crippen molar-refractivity contribution in [3.63, 3.8) is 0 Å². The topological polar surface area (TPSA) is 23.8 Å². The van der Waals surface area contributed by atoms with Gasteiger partial charge >= 0.3 is 0 Å². The lowest BCUT2D eigenvalue weighted by Crippen LogP contribution is -1.82. The summed E-state index contributed by atoms with van der Waals surface area (Å²) in [4.78, 5) is 0. The molecule has 0 aromatic heterocycles. The zero-order valence-corrected chi connectivity index (χ0v) is 4.61. The summed E-state index contributed by atoms with van der Waals surface area (Å²) < 4.78 is 0. The number of hydrogen-bond acceptors (Lipinski definition) is 0. The van der Waals surface area contributed by atoms with Gasteiger partial charge in [0.25, 0.3) is 0 Å². The first-order chi connectivity index (χ1) is 3.41. The van der Waals surface area contributed by atoms with E-state index in [1.54, 1.807) is 0 Å². The number of nitrogens with one attached hydrogen (secondary N) is 1. The lowest BCUT2D eigenvalue weighted by molar-refractivity contribution is 0.749. The summed E-state index contributed by atoms with van der Waals surface area (Å²) >= 11 is 0. The number of unbranched alkanes of at least 4 members (excludes halogenated alkanes) is 2. The maximum Gasteiger partial charge on any atom is 0.00998 e. The fourth-order valence-corrected chi connectivity index (χ4v) is 0.414. The second kappa shape index (κ2) is 5.70. The summed E-state index contributed by atoms with van der Waals surface area (Å²) in [6.45, 7) is 4.13. The van der Waals surface area contributed by atoms with Crippen molar-refractivity contribution in [2.45, 2.75) is 19.3 Å². The Kier molecular flexibility index (Phi) is 5.46. The van der Waals surface area contributed by atoms with Gasteiger partial charge in [-0.25, -0.2) is 0 Å². The highest BCUT2D eigenvalue weighted by atomic mass is 14.5. The zero-order chi connectivity index (χ0) is 5.54. The molecule has 0 aliphatic rings. The maximum atomic E-state index is 6.75. The van der Waals surface area contributed by atoms with Crippen LogP contribution in [-0.2, 0) is 0 Å². The Morgan fingerprint density at radius 3 is 2.57 bits per heavy atom. The highest BCUT2D eigenvalue weighted by molar-refractivity contribution is 4.65. The van der Waals surface area contributed by atoms with Crippen LogP contribution in [0.15, 0.2) is 12.7 Å². The second-order valence-corrected chi connectivity index (χ2v) is 1.53. The smallest absolute Gasteiger partial charge is 0.00998 e. The zero-order valence-electron chi connectivity index (χ0n) is 4.61. The molecular weight excluding hydrogens is 86.1 g/mol. The molecule has 1 radical (unpaired) electrons. The Bertz CT molecular complexity index is 41.4. The minimum atomic E-state index is 0.563. The average molecular weight is 98.2 g/mol. The predicted octanol–water partition coefficient (Wildman–Crippen LogP) is 1.63. The Balaban J connectivity index is 2.56. The van der Waals surface area contributed by atoms with E-state index in [9.17, 15) is 0 Å². The Morgan fingerprint density at radius 2 is 2.14 bits per heavy atom. The van der Waals surface area contributed by atoms with E-state index >= 15 is 0 Å². The van der Waals surface area contributed by atoms with Gasteiger partial charge in [-0.05, 0) is 19.3 Å². The molecular formula is C6H12N. The summed E-state index contributed by atoms with van der Waals surface area (Å²) in [5, 5.41) is 0. The third kappa shape index (κ3) is 5.70. The van der Waals surface area contributed by atoms with Crippen LogP contribution in [-0.4, -0.2) is 6.54 Å². The van der Waals surface area contributed by atoms with Gasteiger partial charge in [-0.2, -0.15) is 0 Å². The summed E-state index contributed by atoms with van der Waals surface area (Å²) in [6.07, 6.45) is 5.12. The monoisotopic (exact) mass is 98.1 g/mol. The van der Waals surface area contributed by atoms with Crippen LogP contribution < -0.4 is 5.73 Å². The molecule has 0 amide bonds. The lowest BCUT2D eigenvalue weighted by Gasteiger charge is -1.87. The first-order valence-electron chi connectivity index (χ1n) is 2.67. The summed E-state index contributed by atoms with van der Waals surface area (Å²) in [7, 11) is 0. The third-order valence-corrected chi connectivity index (χ3v) is 0.835. The molecule has 0 rings (SSSR count). The minimum absolute atomic E-state index is 0.563. The standard InChI is InChI=1S/C6H12N/c1-2-3-4-5-6-7/h2,7H,1,3-6H2. The molecule has 0 fully saturated rings. The normalized spacial score (nSPS) is 8.71. The van der Waals surface area contributed by atoms with Crippen LogP contribution in [0.2, 0.25) is 0 Å². The van der Waals surface area contributed by atoms with Crippen LogP contribution in [0.25, 0.3) is 0 Å². The molecule has 0 spiro atoms. The molecule has 1 heteroatoms. The fourth-order valence-electron chi connectivity index (χ4n) is 0.414. The molecule has 41 valence electrons. The molecule has 1 N–H and O–H groups in total. The van der Waals surface area contributed by atoms with Crippen LogP contribution in [0.3, 0.4) is 0 Å². The van der Waals surface area contributed by atoms with Gasteiger partial charge in [0, 0.05) is 6.54 Å². The van der Waals surface area contributed by atoms with Crippen molar-refractivity contribution in [2.75, 3.05) is 6.54 Å². The van der Waals surface area contributed by atoms with Crippen LogP contribution in [0, 0.1) is 0 Å². The average Bonchev–Trinajstić information content (AvgIpc) is 1.69. The SMILES string of the molecule is C=CCCCC[NH]. The molecule has 0 atom stereocenters. The summed E-state index contributed by atoms with van der Waals surface area (Å²) in [5.74, 6) is 0. The molecule has 0 heterocycles. The van der Waals surface area contributed by atoms with E-state index in [2.05, 4.69) is 6.58 Å². The number of rotatable bonds is 4. The largest absolute Gasteiger partial charge is 0.258 e. The van der Waals surface area contributed by atoms with E-state index in [0.717, 1.165) is 19.3 Å². The van der Waals surface area contributed by atoms with Gasteiger partial charge in [0.2, 0.25) is 0 Å². The first-order valence-corrected chi connectivity index (χ1v) is 2.67.